The Labute approximate surface area is 159 Å². The lowest BCUT2D eigenvalue weighted by atomic mass is 10.0. The third-order valence-corrected chi connectivity index (χ3v) is 5.34. The fourth-order valence-corrected chi connectivity index (χ4v) is 3.69. The Balaban J connectivity index is 1.41. The van der Waals surface area contributed by atoms with Gasteiger partial charge in [-0.2, -0.15) is 5.10 Å². The first-order valence-electron chi connectivity index (χ1n) is 9.60. The molecule has 0 saturated carbocycles. The molecule has 0 N–H and O–H groups in total. The summed E-state index contributed by atoms with van der Waals surface area (Å²) in [4.78, 5) is 13.7. The molecule has 2 heterocycles. The molecule has 0 bridgehead atoms. The van der Waals surface area contributed by atoms with Gasteiger partial charge >= 0.3 is 0 Å². The summed E-state index contributed by atoms with van der Waals surface area (Å²) >= 11 is 0. The zero-order valence-electron chi connectivity index (χ0n) is 15.9. The molecule has 4 rings (SSSR count). The van der Waals surface area contributed by atoms with Crippen LogP contribution in [0.2, 0.25) is 0 Å². The van der Waals surface area contributed by atoms with Crippen LogP contribution < -0.4 is 4.74 Å². The van der Waals surface area contributed by atoms with Gasteiger partial charge in [-0.15, -0.1) is 0 Å². The third kappa shape index (κ3) is 3.68. The number of rotatable bonds is 4. The number of carbonyl (C=O) groups is 1. The lowest BCUT2D eigenvalue weighted by molar-refractivity contribution is -0.132. The van der Waals surface area contributed by atoms with Crippen molar-refractivity contribution in [3.05, 3.63) is 48.7 Å². The van der Waals surface area contributed by atoms with E-state index in [1.54, 1.807) is 0 Å². The summed E-state index contributed by atoms with van der Waals surface area (Å²) < 4.78 is 8.03. The minimum Gasteiger partial charge on any atom is -0.490 e. The normalized spacial score (nSPS) is 15.3. The standard InChI is InChI=1S/C22H25N3O2/c1-3-22(26)25-12-10-20(11-13-25)27-19-8-6-16(7-9-19)17-4-5-18-15-23-24(2)21(18)14-17/h4-9,14-15,20H,3,10-13H2,1-2H3. The maximum atomic E-state index is 11.8. The average Bonchev–Trinajstić information content (AvgIpc) is 3.09. The van der Waals surface area contributed by atoms with Crippen LogP contribution in [-0.4, -0.2) is 39.8 Å². The van der Waals surface area contributed by atoms with Crippen molar-refractivity contribution in [2.24, 2.45) is 7.05 Å². The average molecular weight is 363 g/mol. The van der Waals surface area contributed by atoms with Gasteiger partial charge in [0, 0.05) is 44.8 Å². The molecule has 0 aliphatic carbocycles. The predicted octanol–water partition coefficient (Wildman–Crippen LogP) is 4.02. The smallest absolute Gasteiger partial charge is 0.222 e. The number of hydrogen-bond acceptors (Lipinski definition) is 3. The first-order chi connectivity index (χ1) is 13.1. The summed E-state index contributed by atoms with van der Waals surface area (Å²) in [5.41, 5.74) is 3.46. The highest BCUT2D eigenvalue weighted by molar-refractivity contribution is 5.84. The maximum absolute atomic E-state index is 11.8. The van der Waals surface area contributed by atoms with Crippen LogP contribution in [0.1, 0.15) is 26.2 Å². The Morgan fingerprint density at radius 3 is 2.52 bits per heavy atom. The molecular weight excluding hydrogens is 338 g/mol. The van der Waals surface area contributed by atoms with E-state index in [0.717, 1.165) is 48.1 Å². The summed E-state index contributed by atoms with van der Waals surface area (Å²) in [5.74, 6) is 1.13. The number of amides is 1. The van der Waals surface area contributed by atoms with Gasteiger partial charge in [-0.25, -0.2) is 0 Å². The first kappa shape index (κ1) is 17.6. The van der Waals surface area contributed by atoms with Gasteiger partial charge in [0.15, 0.2) is 0 Å². The molecule has 0 spiro atoms. The van der Waals surface area contributed by atoms with Crippen LogP contribution in [0.25, 0.3) is 22.0 Å². The highest BCUT2D eigenvalue weighted by Gasteiger charge is 2.22. The predicted molar refractivity (Wildman–Crippen MR) is 107 cm³/mol. The molecule has 1 aliphatic rings. The second-order valence-electron chi connectivity index (χ2n) is 7.12. The molecule has 5 heteroatoms. The number of nitrogens with zero attached hydrogens (tertiary/aromatic N) is 3. The number of ether oxygens (including phenoxy) is 1. The zero-order valence-corrected chi connectivity index (χ0v) is 15.9. The fraction of sp³-hybridized carbons (Fsp3) is 0.364. The van der Waals surface area contributed by atoms with Crippen LogP contribution in [-0.2, 0) is 11.8 Å². The van der Waals surface area contributed by atoms with E-state index in [4.69, 9.17) is 4.74 Å². The molecule has 1 aliphatic heterocycles. The van der Waals surface area contributed by atoms with Crippen molar-refractivity contribution >= 4 is 16.8 Å². The summed E-state index contributed by atoms with van der Waals surface area (Å²) in [6.07, 6.45) is 4.44. The zero-order chi connectivity index (χ0) is 18.8. The number of benzene rings is 2. The van der Waals surface area contributed by atoms with E-state index in [9.17, 15) is 4.79 Å². The van der Waals surface area contributed by atoms with Gasteiger partial charge in [0.05, 0.1) is 11.7 Å². The van der Waals surface area contributed by atoms with Gasteiger partial charge < -0.3 is 9.64 Å². The second-order valence-corrected chi connectivity index (χ2v) is 7.12. The molecule has 0 atom stereocenters. The number of hydrogen-bond donors (Lipinski definition) is 0. The number of aryl methyl sites for hydroxylation is 1. The van der Waals surface area contributed by atoms with E-state index >= 15 is 0 Å². The summed E-state index contributed by atoms with van der Waals surface area (Å²) in [6, 6.07) is 14.7. The SMILES string of the molecule is CCC(=O)N1CCC(Oc2ccc(-c3ccc4cnn(C)c4c3)cc2)CC1. The van der Waals surface area contributed by atoms with Crippen LogP contribution in [0.5, 0.6) is 5.75 Å². The van der Waals surface area contributed by atoms with E-state index in [0.29, 0.717) is 6.42 Å². The lowest BCUT2D eigenvalue weighted by Gasteiger charge is -2.32. The number of aromatic nitrogens is 2. The molecule has 27 heavy (non-hydrogen) atoms. The number of piperidine rings is 1. The molecular formula is C22H25N3O2. The van der Waals surface area contributed by atoms with Crippen LogP contribution in [0, 0.1) is 0 Å². The third-order valence-electron chi connectivity index (χ3n) is 5.34. The first-order valence-corrected chi connectivity index (χ1v) is 9.60. The van der Waals surface area contributed by atoms with Crippen LogP contribution in [0.15, 0.2) is 48.7 Å². The number of fused-ring (bicyclic) bond motifs is 1. The van der Waals surface area contributed by atoms with Crippen molar-refractivity contribution in [1.82, 2.24) is 14.7 Å². The Bertz CT molecular complexity index is 938. The lowest BCUT2D eigenvalue weighted by Crippen LogP contribution is -2.41. The fourth-order valence-electron chi connectivity index (χ4n) is 3.69. The van der Waals surface area contributed by atoms with Gasteiger partial charge in [0.25, 0.3) is 0 Å². The maximum Gasteiger partial charge on any atom is 0.222 e. The van der Waals surface area contributed by atoms with E-state index in [-0.39, 0.29) is 12.0 Å². The van der Waals surface area contributed by atoms with Crippen molar-refractivity contribution in [2.45, 2.75) is 32.3 Å². The second kappa shape index (κ2) is 7.43. The summed E-state index contributed by atoms with van der Waals surface area (Å²) in [7, 11) is 1.96. The molecule has 2 aromatic carbocycles. The van der Waals surface area contributed by atoms with E-state index in [1.165, 1.54) is 5.56 Å². The van der Waals surface area contributed by atoms with Crippen molar-refractivity contribution in [1.29, 1.82) is 0 Å². The van der Waals surface area contributed by atoms with Gasteiger partial charge in [-0.05, 0) is 29.3 Å². The molecule has 0 radical (unpaired) electrons. The molecule has 140 valence electrons. The molecule has 0 unspecified atom stereocenters. The summed E-state index contributed by atoms with van der Waals surface area (Å²) in [5, 5.41) is 5.45. The Kier molecular flexibility index (Phi) is 4.84. The molecule has 1 fully saturated rings. The minimum atomic E-state index is 0.183. The van der Waals surface area contributed by atoms with Crippen molar-refractivity contribution in [3.8, 4) is 16.9 Å². The van der Waals surface area contributed by atoms with Crippen molar-refractivity contribution in [3.63, 3.8) is 0 Å². The van der Waals surface area contributed by atoms with E-state index < -0.39 is 0 Å². The minimum absolute atomic E-state index is 0.183. The van der Waals surface area contributed by atoms with Crippen LogP contribution in [0.4, 0.5) is 0 Å². The van der Waals surface area contributed by atoms with Crippen LogP contribution in [0.3, 0.4) is 0 Å². The largest absolute Gasteiger partial charge is 0.490 e. The van der Waals surface area contributed by atoms with E-state index in [2.05, 4.69) is 35.4 Å². The molecule has 5 nitrogen and oxygen atoms in total. The van der Waals surface area contributed by atoms with Gasteiger partial charge in [0.1, 0.15) is 11.9 Å². The quantitative estimate of drug-likeness (QED) is 0.703. The van der Waals surface area contributed by atoms with Gasteiger partial charge in [-0.1, -0.05) is 31.2 Å². The highest BCUT2D eigenvalue weighted by atomic mass is 16.5. The van der Waals surface area contributed by atoms with E-state index in [1.807, 2.05) is 41.9 Å². The van der Waals surface area contributed by atoms with Crippen molar-refractivity contribution in [2.75, 3.05) is 13.1 Å². The Morgan fingerprint density at radius 2 is 1.81 bits per heavy atom. The highest BCUT2D eigenvalue weighted by Crippen LogP contribution is 2.27. The number of likely N-dealkylation sites (tertiary alicyclic amines) is 1. The molecule has 1 aromatic heterocycles. The topological polar surface area (TPSA) is 47.4 Å². The monoisotopic (exact) mass is 363 g/mol. The van der Waals surface area contributed by atoms with Gasteiger partial charge in [-0.3, -0.25) is 9.48 Å². The molecule has 1 amide bonds. The summed E-state index contributed by atoms with van der Waals surface area (Å²) in [6.45, 7) is 3.50. The van der Waals surface area contributed by atoms with Gasteiger partial charge in [0.2, 0.25) is 5.91 Å². The molecule has 1 saturated heterocycles. The molecule has 3 aromatic rings. The van der Waals surface area contributed by atoms with Crippen LogP contribution >= 0.6 is 0 Å². The van der Waals surface area contributed by atoms with Crippen molar-refractivity contribution < 1.29 is 9.53 Å². The Hall–Kier alpha value is -2.82. The Morgan fingerprint density at radius 1 is 1.11 bits per heavy atom. The number of carbonyl (C=O) groups excluding carboxylic acids is 1.